The van der Waals surface area contributed by atoms with Gasteiger partial charge in [0.2, 0.25) is 0 Å². The summed E-state index contributed by atoms with van der Waals surface area (Å²) in [6.07, 6.45) is 2.72. The molecule has 0 unspecified atom stereocenters. The van der Waals surface area contributed by atoms with Gasteiger partial charge in [-0.25, -0.2) is 4.79 Å². The molecular formula is C24H28N2O2. The Morgan fingerprint density at radius 2 is 1.64 bits per heavy atom. The van der Waals surface area contributed by atoms with Crippen LogP contribution in [0.25, 0.3) is 5.53 Å². The van der Waals surface area contributed by atoms with Crippen molar-refractivity contribution in [2.24, 2.45) is 11.8 Å². The van der Waals surface area contributed by atoms with Gasteiger partial charge < -0.3 is 10.3 Å². The van der Waals surface area contributed by atoms with E-state index in [1.54, 1.807) is 24.3 Å². The predicted octanol–water partition coefficient (Wildman–Crippen LogP) is 5.03. The SMILES string of the molecule is C[C@@H]1CC[C@@H](C(C)(C)c2ccccc2)[C@H](OC(=O)C(=[N+]=[N-])c2ccccc2)C1. The van der Waals surface area contributed by atoms with Gasteiger partial charge in [0.15, 0.2) is 0 Å². The summed E-state index contributed by atoms with van der Waals surface area (Å²) in [4.78, 5) is 16.1. The van der Waals surface area contributed by atoms with Gasteiger partial charge in [-0.1, -0.05) is 75.7 Å². The van der Waals surface area contributed by atoms with Crippen molar-refractivity contribution in [1.29, 1.82) is 0 Å². The summed E-state index contributed by atoms with van der Waals surface area (Å²) < 4.78 is 5.96. The van der Waals surface area contributed by atoms with E-state index in [4.69, 9.17) is 4.74 Å². The molecule has 0 saturated heterocycles. The highest BCUT2D eigenvalue weighted by Crippen LogP contribution is 2.43. The van der Waals surface area contributed by atoms with Crippen molar-refractivity contribution < 1.29 is 14.3 Å². The van der Waals surface area contributed by atoms with E-state index in [1.165, 1.54) is 5.56 Å². The van der Waals surface area contributed by atoms with Crippen molar-refractivity contribution in [2.75, 3.05) is 0 Å². The molecule has 4 nitrogen and oxygen atoms in total. The third-order valence-electron chi connectivity index (χ3n) is 6.10. The number of ether oxygens (including phenoxy) is 1. The number of hydrogen-bond acceptors (Lipinski definition) is 2. The molecule has 1 saturated carbocycles. The van der Waals surface area contributed by atoms with Gasteiger partial charge in [0.1, 0.15) is 6.10 Å². The minimum absolute atomic E-state index is 0.0462. The molecule has 2 aromatic carbocycles. The fraction of sp³-hybridized carbons (Fsp3) is 0.417. The fourth-order valence-electron chi connectivity index (χ4n) is 4.37. The number of esters is 1. The average molecular weight is 377 g/mol. The van der Waals surface area contributed by atoms with E-state index in [0.29, 0.717) is 11.5 Å². The summed E-state index contributed by atoms with van der Waals surface area (Å²) in [6, 6.07) is 19.3. The first-order valence-corrected chi connectivity index (χ1v) is 9.97. The van der Waals surface area contributed by atoms with Crippen LogP contribution in [-0.2, 0) is 14.9 Å². The molecule has 0 radical (unpaired) electrons. The molecule has 0 heterocycles. The smallest absolute Gasteiger partial charge is 0.422 e. The lowest BCUT2D eigenvalue weighted by Crippen LogP contribution is -2.44. The van der Waals surface area contributed by atoms with Gasteiger partial charge in [-0.05, 0) is 41.9 Å². The Morgan fingerprint density at radius 1 is 1.04 bits per heavy atom. The zero-order valence-electron chi connectivity index (χ0n) is 16.8. The monoisotopic (exact) mass is 376 g/mol. The average Bonchev–Trinajstić information content (AvgIpc) is 2.70. The molecule has 28 heavy (non-hydrogen) atoms. The van der Waals surface area contributed by atoms with Crippen LogP contribution in [0.15, 0.2) is 60.7 Å². The van der Waals surface area contributed by atoms with E-state index in [9.17, 15) is 10.3 Å². The Kier molecular flexibility index (Phi) is 6.11. The van der Waals surface area contributed by atoms with Crippen molar-refractivity contribution in [3.8, 4) is 0 Å². The highest BCUT2D eigenvalue weighted by molar-refractivity contribution is 6.40. The highest BCUT2D eigenvalue weighted by Gasteiger charge is 2.43. The topological polar surface area (TPSA) is 62.7 Å². The Balaban J connectivity index is 1.85. The maximum absolute atomic E-state index is 12.8. The zero-order valence-corrected chi connectivity index (χ0v) is 16.8. The van der Waals surface area contributed by atoms with Crippen molar-refractivity contribution in [3.63, 3.8) is 0 Å². The summed E-state index contributed by atoms with van der Waals surface area (Å²) >= 11 is 0. The van der Waals surface area contributed by atoms with Crippen LogP contribution < -0.4 is 0 Å². The maximum atomic E-state index is 12.8. The molecule has 0 amide bonds. The van der Waals surface area contributed by atoms with Crippen molar-refractivity contribution in [1.82, 2.24) is 0 Å². The van der Waals surface area contributed by atoms with Crippen LogP contribution in [0.5, 0.6) is 0 Å². The molecule has 0 N–H and O–H groups in total. The molecule has 0 aliphatic heterocycles. The Hall–Kier alpha value is -2.71. The predicted molar refractivity (Wildman–Crippen MR) is 110 cm³/mol. The van der Waals surface area contributed by atoms with E-state index >= 15 is 0 Å². The summed E-state index contributed by atoms with van der Waals surface area (Å²) in [5.74, 6) is 0.124. The number of benzene rings is 2. The van der Waals surface area contributed by atoms with Crippen LogP contribution in [0.4, 0.5) is 0 Å². The van der Waals surface area contributed by atoms with E-state index < -0.39 is 5.97 Å². The Morgan fingerprint density at radius 3 is 2.25 bits per heavy atom. The molecule has 3 atom stereocenters. The van der Waals surface area contributed by atoms with Crippen LogP contribution in [0, 0.1) is 11.8 Å². The number of carbonyl (C=O) groups excluding carboxylic acids is 1. The first-order chi connectivity index (χ1) is 13.4. The summed E-state index contributed by atoms with van der Waals surface area (Å²) in [5, 5.41) is 0. The molecule has 3 rings (SSSR count). The van der Waals surface area contributed by atoms with Gasteiger partial charge in [0.05, 0.1) is 5.56 Å². The van der Waals surface area contributed by atoms with Gasteiger partial charge >= 0.3 is 11.7 Å². The second-order valence-electron chi connectivity index (χ2n) is 8.37. The minimum atomic E-state index is -0.568. The van der Waals surface area contributed by atoms with Gasteiger partial charge in [0, 0.05) is 5.92 Å². The van der Waals surface area contributed by atoms with Gasteiger partial charge in [-0.2, -0.15) is 4.79 Å². The summed E-state index contributed by atoms with van der Waals surface area (Å²) in [6.45, 7) is 6.65. The maximum Gasteiger partial charge on any atom is 0.422 e. The Bertz CT molecular complexity index is 855. The van der Waals surface area contributed by atoms with Crippen molar-refractivity contribution >= 4 is 11.7 Å². The largest absolute Gasteiger partial charge is 0.453 e. The quantitative estimate of drug-likeness (QED) is 0.318. The van der Waals surface area contributed by atoms with E-state index in [1.807, 2.05) is 12.1 Å². The molecular weight excluding hydrogens is 348 g/mol. The lowest BCUT2D eigenvalue weighted by atomic mass is 9.64. The standard InChI is InChI=1S/C24H28N2O2/c1-17-14-15-20(24(2,3)19-12-8-5-9-13-19)21(16-17)28-23(27)22(26-25)18-10-6-4-7-11-18/h4-13,17,20-21H,14-16H2,1-3H3/t17-,20-,21-/m1/s1. The Labute approximate surface area is 167 Å². The molecule has 0 spiro atoms. The normalized spacial score (nSPS) is 22.2. The molecule has 1 fully saturated rings. The zero-order chi connectivity index (χ0) is 20.1. The number of carbonyl (C=O) groups is 1. The van der Waals surface area contributed by atoms with Crippen molar-refractivity contribution in [3.05, 3.63) is 77.3 Å². The van der Waals surface area contributed by atoms with Gasteiger partial charge in [-0.15, -0.1) is 0 Å². The fourth-order valence-corrected chi connectivity index (χ4v) is 4.37. The lowest BCUT2D eigenvalue weighted by Gasteiger charge is -2.43. The van der Waals surface area contributed by atoms with Crippen LogP contribution in [0.1, 0.15) is 51.2 Å². The molecule has 146 valence electrons. The highest BCUT2D eigenvalue weighted by atomic mass is 16.5. The lowest BCUT2D eigenvalue weighted by molar-refractivity contribution is -0.152. The third kappa shape index (κ3) is 4.23. The molecule has 4 heteroatoms. The van der Waals surface area contributed by atoms with E-state index in [-0.39, 0.29) is 23.1 Å². The molecule has 1 aliphatic rings. The first-order valence-electron chi connectivity index (χ1n) is 9.97. The number of rotatable bonds is 5. The van der Waals surface area contributed by atoms with Gasteiger partial charge in [0.25, 0.3) is 0 Å². The van der Waals surface area contributed by atoms with E-state index in [0.717, 1.165) is 19.3 Å². The second kappa shape index (κ2) is 8.53. The number of hydrogen-bond donors (Lipinski definition) is 0. The third-order valence-corrected chi connectivity index (χ3v) is 6.10. The van der Waals surface area contributed by atoms with E-state index in [2.05, 4.69) is 49.8 Å². The molecule has 0 bridgehead atoms. The van der Waals surface area contributed by atoms with Gasteiger partial charge in [-0.3, -0.25) is 0 Å². The second-order valence-corrected chi connectivity index (χ2v) is 8.37. The molecule has 0 aromatic heterocycles. The van der Waals surface area contributed by atoms with Crippen LogP contribution in [0.3, 0.4) is 0 Å². The minimum Gasteiger partial charge on any atom is -0.453 e. The first kappa shape index (κ1) is 20.0. The van der Waals surface area contributed by atoms with Crippen molar-refractivity contribution in [2.45, 2.75) is 51.6 Å². The molecule has 1 aliphatic carbocycles. The number of nitrogens with zero attached hydrogens (tertiary/aromatic N) is 2. The van der Waals surface area contributed by atoms with Crippen LogP contribution in [0.2, 0.25) is 0 Å². The molecule has 2 aromatic rings. The van der Waals surface area contributed by atoms with Crippen LogP contribution >= 0.6 is 0 Å². The summed E-state index contributed by atoms with van der Waals surface area (Å²) in [5.41, 5.74) is 11.0. The van der Waals surface area contributed by atoms with Crippen LogP contribution in [-0.4, -0.2) is 22.6 Å². The summed E-state index contributed by atoms with van der Waals surface area (Å²) in [7, 11) is 0.